The molecular weight excluding hydrogens is 251 g/mol. The largest absolute Gasteiger partial charge is 0.329 e. The lowest BCUT2D eigenvalue weighted by Gasteiger charge is -2.27. The van der Waals surface area contributed by atoms with Crippen molar-refractivity contribution in [1.29, 1.82) is 0 Å². The fourth-order valence-corrected chi connectivity index (χ4v) is 2.50. The third kappa shape index (κ3) is 3.44. The van der Waals surface area contributed by atoms with Gasteiger partial charge in [-0.1, -0.05) is 48.0 Å². The molecule has 0 aliphatic rings. The zero-order valence-corrected chi connectivity index (χ0v) is 12.0. The zero-order valence-electron chi connectivity index (χ0n) is 12.0. The SMILES string of the molecule is Cc1cccc(CN(C)C(CN)c2ccccc2F)c1. The molecule has 2 rings (SSSR count). The van der Waals surface area contributed by atoms with Crippen LogP contribution in [0.3, 0.4) is 0 Å². The van der Waals surface area contributed by atoms with E-state index in [1.54, 1.807) is 12.1 Å². The molecule has 2 aromatic carbocycles. The Bertz CT molecular complexity index is 568. The van der Waals surface area contributed by atoms with Crippen LogP contribution in [0.2, 0.25) is 0 Å². The van der Waals surface area contributed by atoms with Gasteiger partial charge in [-0.15, -0.1) is 0 Å². The number of aryl methyl sites for hydroxylation is 1. The van der Waals surface area contributed by atoms with E-state index in [1.807, 2.05) is 19.2 Å². The average molecular weight is 272 g/mol. The Hall–Kier alpha value is -1.71. The van der Waals surface area contributed by atoms with Gasteiger partial charge >= 0.3 is 0 Å². The quantitative estimate of drug-likeness (QED) is 0.905. The van der Waals surface area contributed by atoms with Crippen LogP contribution in [0, 0.1) is 12.7 Å². The highest BCUT2D eigenvalue weighted by atomic mass is 19.1. The number of hydrogen-bond acceptors (Lipinski definition) is 2. The van der Waals surface area contributed by atoms with Crippen molar-refractivity contribution >= 4 is 0 Å². The third-order valence-corrected chi connectivity index (χ3v) is 3.53. The fourth-order valence-electron chi connectivity index (χ4n) is 2.50. The Morgan fingerprint density at radius 1 is 1.15 bits per heavy atom. The van der Waals surface area contributed by atoms with Crippen LogP contribution in [-0.4, -0.2) is 18.5 Å². The highest BCUT2D eigenvalue weighted by Crippen LogP contribution is 2.23. The highest BCUT2D eigenvalue weighted by Gasteiger charge is 2.18. The van der Waals surface area contributed by atoms with Gasteiger partial charge in [-0.2, -0.15) is 0 Å². The predicted molar refractivity (Wildman–Crippen MR) is 80.8 cm³/mol. The molecule has 106 valence electrons. The molecule has 20 heavy (non-hydrogen) atoms. The minimum absolute atomic E-state index is 0.114. The van der Waals surface area contributed by atoms with E-state index in [0.717, 1.165) is 6.54 Å². The molecule has 0 saturated carbocycles. The predicted octanol–water partition coefficient (Wildman–Crippen LogP) is 3.27. The lowest BCUT2D eigenvalue weighted by atomic mass is 10.0. The van der Waals surface area contributed by atoms with Gasteiger partial charge in [-0.25, -0.2) is 4.39 Å². The van der Waals surface area contributed by atoms with Gasteiger partial charge in [0.25, 0.3) is 0 Å². The highest BCUT2D eigenvalue weighted by molar-refractivity contribution is 5.24. The average Bonchev–Trinajstić information content (AvgIpc) is 2.41. The van der Waals surface area contributed by atoms with Gasteiger partial charge < -0.3 is 5.73 Å². The molecule has 1 unspecified atom stereocenters. The van der Waals surface area contributed by atoms with Crippen molar-refractivity contribution in [2.24, 2.45) is 5.73 Å². The Labute approximate surface area is 120 Å². The normalized spacial score (nSPS) is 12.7. The number of rotatable bonds is 5. The number of nitrogens with two attached hydrogens (primary N) is 1. The summed E-state index contributed by atoms with van der Waals surface area (Å²) in [5.74, 6) is -0.195. The first kappa shape index (κ1) is 14.7. The summed E-state index contributed by atoms with van der Waals surface area (Å²) < 4.78 is 13.9. The molecule has 0 bridgehead atoms. The molecule has 0 aliphatic heterocycles. The summed E-state index contributed by atoms with van der Waals surface area (Å²) in [4.78, 5) is 2.09. The fraction of sp³-hybridized carbons (Fsp3) is 0.294. The minimum atomic E-state index is -0.195. The van der Waals surface area contributed by atoms with E-state index in [9.17, 15) is 4.39 Å². The van der Waals surface area contributed by atoms with Crippen LogP contribution in [-0.2, 0) is 6.54 Å². The van der Waals surface area contributed by atoms with Gasteiger partial charge in [-0.05, 0) is 25.6 Å². The summed E-state index contributed by atoms with van der Waals surface area (Å²) in [5.41, 5.74) is 8.95. The Kier molecular flexibility index (Phi) is 4.88. The monoisotopic (exact) mass is 272 g/mol. The molecule has 2 nitrogen and oxygen atoms in total. The summed E-state index contributed by atoms with van der Waals surface area (Å²) in [7, 11) is 1.98. The van der Waals surface area contributed by atoms with Gasteiger partial charge in [0.05, 0.1) is 0 Å². The van der Waals surface area contributed by atoms with Crippen molar-refractivity contribution in [3.05, 3.63) is 71.0 Å². The van der Waals surface area contributed by atoms with Crippen LogP contribution >= 0.6 is 0 Å². The lowest BCUT2D eigenvalue weighted by Crippen LogP contribution is -2.30. The van der Waals surface area contributed by atoms with E-state index in [0.29, 0.717) is 12.1 Å². The van der Waals surface area contributed by atoms with Gasteiger partial charge in [0, 0.05) is 24.7 Å². The Morgan fingerprint density at radius 2 is 1.90 bits per heavy atom. The topological polar surface area (TPSA) is 29.3 Å². The maximum Gasteiger partial charge on any atom is 0.128 e. The molecule has 0 saturated heterocycles. The molecular formula is C17H21FN2. The second kappa shape index (κ2) is 6.64. The van der Waals surface area contributed by atoms with Crippen LogP contribution in [0.25, 0.3) is 0 Å². The second-order valence-corrected chi connectivity index (χ2v) is 5.18. The van der Waals surface area contributed by atoms with Crippen LogP contribution in [0.15, 0.2) is 48.5 Å². The van der Waals surface area contributed by atoms with Crippen molar-refractivity contribution in [1.82, 2.24) is 4.90 Å². The molecule has 0 radical (unpaired) electrons. The number of hydrogen-bond donors (Lipinski definition) is 1. The summed E-state index contributed by atoms with van der Waals surface area (Å²) in [6.07, 6.45) is 0. The Morgan fingerprint density at radius 3 is 2.55 bits per heavy atom. The first-order valence-corrected chi connectivity index (χ1v) is 6.82. The number of likely N-dealkylation sites (N-methyl/N-ethyl adjacent to an activating group) is 1. The van der Waals surface area contributed by atoms with Crippen LogP contribution in [0.1, 0.15) is 22.7 Å². The molecule has 0 spiro atoms. The third-order valence-electron chi connectivity index (χ3n) is 3.53. The molecule has 0 aliphatic carbocycles. The van der Waals surface area contributed by atoms with E-state index < -0.39 is 0 Å². The zero-order chi connectivity index (χ0) is 14.5. The van der Waals surface area contributed by atoms with E-state index >= 15 is 0 Å². The summed E-state index contributed by atoms with van der Waals surface area (Å²) in [5, 5.41) is 0. The standard InChI is InChI=1S/C17H21FN2/c1-13-6-5-7-14(10-13)12-20(2)17(11-19)15-8-3-4-9-16(15)18/h3-10,17H,11-12,19H2,1-2H3. The summed E-state index contributed by atoms with van der Waals surface area (Å²) >= 11 is 0. The molecule has 1 atom stereocenters. The minimum Gasteiger partial charge on any atom is -0.329 e. The molecule has 0 fully saturated rings. The number of nitrogens with zero attached hydrogens (tertiary/aromatic N) is 1. The van der Waals surface area contributed by atoms with Gasteiger partial charge in [0.2, 0.25) is 0 Å². The molecule has 0 aromatic heterocycles. The lowest BCUT2D eigenvalue weighted by molar-refractivity contribution is 0.236. The number of halogens is 1. The van der Waals surface area contributed by atoms with Gasteiger partial charge in [0.1, 0.15) is 5.82 Å². The molecule has 0 heterocycles. The summed E-state index contributed by atoms with van der Waals surface area (Å²) in [6, 6.07) is 15.1. The van der Waals surface area contributed by atoms with Crippen molar-refractivity contribution < 1.29 is 4.39 Å². The Balaban J connectivity index is 2.18. The van der Waals surface area contributed by atoms with E-state index in [1.165, 1.54) is 17.2 Å². The van der Waals surface area contributed by atoms with E-state index in [4.69, 9.17) is 5.73 Å². The second-order valence-electron chi connectivity index (χ2n) is 5.18. The van der Waals surface area contributed by atoms with Crippen LogP contribution in [0.5, 0.6) is 0 Å². The van der Waals surface area contributed by atoms with Gasteiger partial charge in [0.15, 0.2) is 0 Å². The van der Waals surface area contributed by atoms with Crippen LogP contribution < -0.4 is 5.73 Å². The first-order valence-electron chi connectivity index (χ1n) is 6.82. The molecule has 0 amide bonds. The maximum atomic E-state index is 13.9. The molecule has 2 N–H and O–H groups in total. The van der Waals surface area contributed by atoms with E-state index in [2.05, 4.69) is 30.0 Å². The van der Waals surface area contributed by atoms with E-state index in [-0.39, 0.29) is 11.9 Å². The van der Waals surface area contributed by atoms with Crippen molar-refractivity contribution in [2.45, 2.75) is 19.5 Å². The first-order chi connectivity index (χ1) is 9.61. The van der Waals surface area contributed by atoms with Crippen molar-refractivity contribution in [3.8, 4) is 0 Å². The number of benzene rings is 2. The molecule has 3 heteroatoms. The maximum absolute atomic E-state index is 13.9. The van der Waals surface area contributed by atoms with Crippen molar-refractivity contribution in [2.75, 3.05) is 13.6 Å². The van der Waals surface area contributed by atoms with Crippen LogP contribution in [0.4, 0.5) is 4.39 Å². The van der Waals surface area contributed by atoms with Gasteiger partial charge in [-0.3, -0.25) is 4.90 Å². The summed E-state index contributed by atoms with van der Waals surface area (Å²) in [6.45, 7) is 3.21. The molecule has 2 aromatic rings. The van der Waals surface area contributed by atoms with Crippen molar-refractivity contribution in [3.63, 3.8) is 0 Å². The smallest absolute Gasteiger partial charge is 0.128 e.